The molecule has 140 valence electrons. The van der Waals surface area contributed by atoms with Gasteiger partial charge in [-0.3, -0.25) is 9.59 Å². The van der Waals surface area contributed by atoms with Gasteiger partial charge in [-0.15, -0.1) is 11.8 Å². The number of hydrogen-bond donors (Lipinski definition) is 2. The summed E-state index contributed by atoms with van der Waals surface area (Å²) in [5.41, 5.74) is 1.34. The van der Waals surface area contributed by atoms with E-state index in [1.54, 1.807) is 54.2 Å². The van der Waals surface area contributed by atoms with E-state index in [2.05, 4.69) is 10.6 Å². The number of hydrogen-bond acceptors (Lipinski definition) is 6. The molecule has 2 N–H and O–H groups in total. The first-order chi connectivity index (χ1) is 13.1. The monoisotopic (exact) mass is 386 g/mol. The third-order valence-corrected chi connectivity index (χ3v) is 4.87. The number of thioether (sulfide) groups is 1. The van der Waals surface area contributed by atoms with Gasteiger partial charge in [0.1, 0.15) is 5.75 Å². The summed E-state index contributed by atoms with van der Waals surface area (Å²) in [6, 6.07) is 11.9. The van der Waals surface area contributed by atoms with Crippen LogP contribution in [0.25, 0.3) is 0 Å². The predicted octanol–water partition coefficient (Wildman–Crippen LogP) is 2.93. The average molecular weight is 386 g/mol. The third kappa shape index (κ3) is 4.79. The van der Waals surface area contributed by atoms with E-state index in [1.807, 2.05) is 0 Å². The zero-order valence-electron chi connectivity index (χ0n) is 14.6. The van der Waals surface area contributed by atoms with Crippen LogP contribution in [0.5, 0.6) is 5.75 Å². The summed E-state index contributed by atoms with van der Waals surface area (Å²) >= 11 is 1.55. The van der Waals surface area contributed by atoms with E-state index in [1.165, 1.54) is 7.11 Å². The van der Waals surface area contributed by atoms with Crippen molar-refractivity contribution in [1.29, 1.82) is 0 Å². The van der Waals surface area contributed by atoms with Gasteiger partial charge < -0.3 is 20.1 Å². The summed E-state index contributed by atoms with van der Waals surface area (Å²) in [5.74, 6) is -0.0202. The maximum absolute atomic E-state index is 12.2. The van der Waals surface area contributed by atoms with Crippen LogP contribution in [0.4, 0.5) is 11.4 Å². The van der Waals surface area contributed by atoms with E-state index < -0.39 is 18.5 Å². The Hall–Kier alpha value is -3.00. The van der Waals surface area contributed by atoms with Gasteiger partial charge >= 0.3 is 5.97 Å². The number of ether oxygens (including phenoxy) is 2. The van der Waals surface area contributed by atoms with Gasteiger partial charge in [-0.05, 0) is 30.3 Å². The molecule has 0 unspecified atom stereocenters. The topological polar surface area (TPSA) is 93.7 Å². The zero-order chi connectivity index (χ0) is 19.2. The Kier molecular flexibility index (Phi) is 5.97. The van der Waals surface area contributed by atoms with Crippen LogP contribution in [0, 0.1) is 0 Å². The number of amides is 2. The second-order valence-electron chi connectivity index (χ2n) is 5.68. The highest BCUT2D eigenvalue weighted by Crippen LogP contribution is 2.31. The molecule has 0 saturated heterocycles. The van der Waals surface area contributed by atoms with E-state index >= 15 is 0 Å². The number of nitrogens with one attached hydrogen (secondary N) is 2. The van der Waals surface area contributed by atoms with E-state index in [0.29, 0.717) is 29.3 Å². The van der Waals surface area contributed by atoms with Gasteiger partial charge in [0, 0.05) is 17.1 Å². The molecule has 2 amide bonds. The molecule has 2 aromatic carbocycles. The van der Waals surface area contributed by atoms with Gasteiger partial charge in [0.2, 0.25) is 5.91 Å². The van der Waals surface area contributed by atoms with Crippen molar-refractivity contribution in [3.8, 4) is 5.75 Å². The minimum absolute atomic E-state index is 0.0945. The Morgan fingerprint density at radius 2 is 2.04 bits per heavy atom. The minimum Gasteiger partial charge on any atom is -0.495 e. The lowest BCUT2D eigenvalue weighted by Crippen LogP contribution is -2.21. The van der Waals surface area contributed by atoms with Crippen LogP contribution in [0.3, 0.4) is 0 Å². The first-order valence-corrected chi connectivity index (χ1v) is 9.22. The van der Waals surface area contributed by atoms with Gasteiger partial charge in [-0.25, -0.2) is 4.79 Å². The standard InChI is InChI=1S/C19H18N2O5S/c1-25-15-5-3-2-4-13(15)20-18(23)11-26-19(24)12-6-7-16-14(10-12)21-17(22)8-9-27-16/h2-7,10H,8-9,11H2,1H3,(H,20,23)(H,21,22). The second kappa shape index (κ2) is 8.59. The van der Waals surface area contributed by atoms with E-state index in [4.69, 9.17) is 9.47 Å². The van der Waals surface area contributed by atoms with Crippen molar-refractivity contribution in [2.45, 2.75) is 11.3 Å². The molecule has 1 aliphatic rings. The summed E-state index contributed by atoms with van der Waals surface area (Å²) in [7, 11) is 1.50. The fourth-order valence-electron chi connectivity index (χ4n) is 2.50. The molecule has 0 atom stereocenters. The number of anilines is 2. The number of carbonyl (C=O) groups excluding carboxylic acids is 3. The molecule has 1 heterocycles. The molecule has 8 heteroatoms. The molecule has 0 aliphatic carbocycles. The smallest absolute Gasteiger partial charge is 0.338 e. The molecule has 2 aromatic rings. The fourth-order valence-corrected chi connectivity index (χ4v) is 3.43. The fraction of sp³-hybridized carbons (Fsp3) is 0.211. The summed E-state index contributed by atoms with van der Waals surface area (Å²) in [4.78, 5) is 36.8. The average Bonchev–Trinajstić information content (AvgIpc) is 2.86. The van der Waals surface area contributed by atoms with Gasteiger partial charge in [-0.1, -0.05) is 12.1 Å². The van der Waals surface area contributed by atoms with Crippen molar-refractivity contribution in [3.05, 3.63) is 48.0 Å². The van der Waals surface area contributed by atoms with Crippen LogP contribution in [0.1, 0.15) is 16.8 Å². The summed E-state index contributed by atoms with van der Waals surface area (Å²) in [6.45, 7) is -0.435. The molecule has 3 rings (SSSR count). The summed E-state index contributed by atoms with van der Waals surface area (Å²) in [6.07, 6.45) is 0.419. The van der Waals surface area contributed by atoms with E-state index in [-0.39, 0.29) is 11.5 Å². The number of rotatable bonds is 5. The van der Waals surface area contributed by atoms with Gasteiger partial charge in [-0.2, -0.15) is 0 Å². The number of benzene rings is 2. The predicted molar refractivity (Wildman–Crippen MR) is 102 cm³/mol. The molecular formula is C19H18N2O5S. The third-order valence-electron chi connectivity index (χ3n) is 3.79. The highest BCUT2D eigenvalue weighted by molar-refractivity contribution is 7.99. The lowest BCUT2D eigenvalue weighted by Gasteiger charge is -2.11. The SMILES string of the molecule is COc1ccccc1NC(=O)COC(=O)c1ccc2c(c1)NC(=O)CCS2. The van der Waals surface area contributed by atoms with Crippen molar-refractivity contribution in [1.82, 2.24) is 0 Å². The molecule has 0 spiro atoms. The Balaban J connectivity index is 1.61. The van der Waals surface area contributed by atoms with Gasteiger partial charge in [0.05, 0.1) is 24.0 Å². The quantitative estimate of drug-likeness (QED) is 0.768. The molecule has 0 fully saturated rings. The molecule has 7 nitrogen and oxygen atoms in total. The van der Waals surface area contributed by atoms with Crippen molar-refractivity contribution < 1.29 is 23.9 Å². The zero-order valence-corrected chi connectivity index (χ0v) is 15.4. The van der Waals surface area contributed by atoms with Gasteiger partial charge in [0.15, 0.2) is 6.61 Å². The molecule has 0 bridgehead atoms. The van der Waals surface area contributed by atoms with Gasteiger partial charge in [0.25, 0.3) is 5.91 Å². The Morgan fingerprint density at radius 1 is 1.22 bits per heavy atom. The van der Waals surface area contributed by atoms with E-state index in [9.17, 15) is 14.4 Å². The summed E-state index contributed by atoms with van der Waals surface area (Å²) < 4.78 is 10.2. The largest absolute Gasteiger partial charge is 0.495 e. The van der Waals surface area contributed by atoms with Crippen LogP contribution in [0.15, 0.2) is 47.4 Å². The minimum atomic E-state index is -0.642. The molecular weight excluding hydrogens is 368 g/mol. The Morgan fingerprint density at radius 3 is 2.85 bits per heavy atom. The first-order valence-electron chi connectivity index (χ1n) is 8.23. The maximum atomic E-state index is 12.2. The van der Waals surface area contributed by atoms with Crippen molar-refractivity contribution in [2.24, 2.45) is 0 Å². The highest BCUT2D eigenvalue weighted by Gasteiger charge is 2.17. The van der Waals surface area contributed by atoms with Crippen LogP contribution in [-0.2, 0) is 14.3 Å². The summed E-state index contributed by atoms with van der Waals surface area (Å²) in [5, 5.41) is 5.40. The number of fused-ring (bicyclic) bond motifs is 1. The molecule has 27 heavy (non-hydrogen) atoms. The van der Waals surface area contributed by atoms with Crippen LogP contribution < -0.4 is 15.4 Å². The molecule has 0 radical (unpaired) electrons. The van der Waals surface area contributed by atoms with Crippen LogP contribution in [0.2, 0.25) is 0 Å². The normalized spacial score (nSPS) is 13.0. The Bertz CT molecular complexity index is 884. The lowest BCUT2D eigenvalue weighted by molar-refractivity contribution is -0.119. The van der Waals surface area contributed by atoms with Crippen molar-refractivity contribution in [2.75, 3.05) is 30.1 Å². The first kappa shape index (κ1) is 18.8. The number of methoxy groups -OCH3 is 1. The maximum Gasteiger partial charge on any atom is 0.338 e. The number of carbonyl (C=O) groups is 3. The van der Waals surface area contributed by atoms with Crippen LogP contribution >= 0.6 is 11.8 Å². The lowest BCUT2D eigenvalue weighted by atomic mass is 10.2. The van der Waals surface area contributed by atoms with E-state index in [0.717, 1.165) is 4.90 Å². The molecule has 1 aliphatic heterocycles. The Labute approximate surface area is 160 Å². The highest BCUT2D eigenvalue weighted by atomic mass is 32.2. The number of para-hydroxylation sites is 2. The number of esters is 1. The second-order valence-corrected chi connectivity index (χ2v) is 6.82. The van der Waals surface area contributed by atoms with Crippen molar-refractivity contribution in [3.63, 3.8) is 0 Å². The van der Waals surface area contributed by atoms with Crippen LogP contribution in [-0.4, -0.2) is 37.3 Å². The van der Waals surface area contributed by atoms with Crippen molar-refractivity contribution >= 4 is 40.9 Å². The molecule has 0 aromatic heterocycles. The molecule has 0 saturated carbocycles.